The fraction of sp³-hybridized carbons (Fsp3) is 0. The summed E-state index contributed by atoms with van der Waals surface area (Å²) < 4.78 is 26.0. The fourth-order valence-corrected chi connectivity index (χ4v) is 3.09. The Morgan fingerprint density at radius 2 is 1.39 bits per heavy atom. The van der Waals surface area contributed by atoms with Crippen molar-refractivity contribution >= 4 is 0 Å². The summed E-state index contributed by atoms with van der Waals surface area (Å²) in [7, 11) is 0. The summed E-state index contributed by atoms with van der Waals surface area (Å²) in [5.74, 6) is -1.11. The van der Waals surface area contributed by atoms with E-state index in [0.29, 0.717) is 5.69 Å². The first-order valence-corrected chi connectivity index (χ1v) is 9.98. The smallest absolute Gasteiger partial charge is 0.0407 e. The summed E-state index contributed by atoms with van der Waals surface area (Å²) in [5.41, 5.74) is 4.80. The summed E-state index contributed by atoms with van der Waals surface area (Å²) in [5, 5.41) is 0. The second-order valence-corrected chi connectivity index (χ2v) is 6.82. The van der Waals surface area contributed by atoms with E-state index in [2.05, 4.69) is 40.3 Å². The zero-order valence-corrected chi connectivity index (χ0v) is 19.8. The Bertz CT molecular complexity index is 1230. The molecule has 2 heterocycles. The molecule has 0 aliphatic heterocycles. The van der Waals surface area contributed by atoms with Gasteiger partial charge in [0.15, 0.2) is 0 Å². The van der Waals surface area contributed by atoms with Gasteiger partial charge < -0.3 is 9.97 Å². The molecule has 5 rings (SSSR count). The number of benzene rings is 3. The van der Waals surface area contributed by atoms with E-state index < -0.39 is 11.6 Å². The zero-order chi connectivity index (χ0) is 22.2. The Balaban J connectivity index is 0.000000186. The maximum atomic E-state index is 13.2. The summed E-state index contributed by atoms with van der Waals surface area (Å²) >= 11 is 0. The quantitative estimate of drug-likeness (QED) is 0.204. The van der Waals surface area contributed by atoms with Crippen LogP contribution in [0.2, 0.25) is 0 Å². The van der Waals surface area contributed by atoms with Crippen LogP contribution in [-0.2, 0) is 20.1 Å². The number of hydrogen-bond acceptors (Lipinski definition) is 2. The minimum atomic E-state index is -0.591. The van der Waals surface area contributed by atoms with Crippen molar-refractivity contribution in [3.05, 3.63) is 133 Å². The van der Waals surface area contributed by atoms with Gasteiger partial charge in [0.05, 0.1) is 0 Å². The third-order valence-electron chi connectivity index (χ3n) is 4.63. The first-order valence-electron chi connectivity index (χ1n) is 9.98. The van der Waals surface area contributed by atoms with E-state index in [4.69, 9.17) is 0 Å². The van der Waals surface area contributed by atoms with E-state index in [1.807, 2.05) is 54.7 Å². The van der Waals surface area contributed by atoms with E-state index in [1.165, 1.54) is 17.3 Å². The topological polar surface area (TPSA) is 25.8 Å². The van der Waals surface area contributed by atoms with Crippen LogP contribution in [0.5, 0.6) is 0 Å². The molecule has 0 spiro atoms. The number of aromatic nitrogens is 2. The van der Waals surface area contributed by atoms with Crippen LogP contribution < -0.4 is 0 Å². The van der Waals surface area contributed by atoms with Crippen molar-refractivity contribution in [1.82, 2.24) is 9.97 Å². The summed E-state index contributed by atoms with van der Waals surface area (Å²) in [6, 6.07) is 35.0. The molecule has 165 valence electrons. The van der Waals surface area contributed by atoms with Gasteiger partial charge in [-0.25, -0.2) is 4.39 Å². The van der Waals surface area contributed by atoms with Crippen molar-refractivity contribution in [1.29, 1.82) is 0 Å². The Labute approximate surface area is 205 Å². The van der Waals surface area contributed by atoms with Crippen molar-refractivity contribution in [3.63, 3.8) is 0 Å². The third kappa shape index (κ3) is 6.48. The molecular weight excluding hydrogens is 595 g/mol. The largest absolute Gasteiger partial charge is 0.305 e. The summed E-state index contributed by atoms with van der Waals surface area (Å²) in [6.45, 7) is 0. The van der Waals surface area contributed by atoms with Gasteiger partial charge >= 0.3 is 0 Å². The van der Waals surface area contributed by atoms with Crippen LogP contribution in [0.25, 0.3) is 33.6 Å². The van der Waals surface area contributed by atoms with Crippen molar-refractivity contribution in [2.24, 2.45) is 0 Å². The second-order valence-electron chi connectivity index (χ2n) is 6.82. The Morgan fingerprint density at radius 1 is 0.636 bits per heavy atom. The molecule has 0 atom stereocenters. The monoisotopic (exact) mass is 613 g/mol. The average molecular weight is 613 g/mol. The van der Waals surface area contributed by atoms with Crippen LogP contribution in [0.15, 0.2) is 109 Å². The molecule has 0 bridgehead atoms. The van der Waals surface area contributed by atoms with Gasteiger partial charge in [-0.3, -0.25) is 4.39 Å². The molecule has 1 radical (unpaired) electrons. The first kappa shape index (κ1) is 24.1. The molecule has 5 heteroatoms. The molecule has 3 aromatic carbocycles. The molecule has 33 heavy (non-hydrogen) atoms. The van der Waals surface area contributed by atoms with Crippen LogP contribution in [0, 0.1) is 23.8 Å². The van der Waals surface area contributed by atoms with Gasteiger partial charge in [0.25, 0.3) is 0 Å². The van der Waals surface area contributed by atoms with Gasteiger partial charge in [0.2, 0.25) is 0 Å². The fourth-order valence-electron chi connectivity index (χ4n) is 3.09. The molecule has 0 aliphatic carbocycles. The Hall–Kier alpha value is -3.53. The van der Waals surface area contributed by atoms with Gasteiger partial charge in [-0.1, -0.05) is 54.1 Å². The van der Waals surface area contributed by atoms with E-state index >= 15 is 0 Å². The van der Waals surface area contributed by atoms with E-state index in [9.17, 15) is 8.78 Å². The zero-order valence-electron chi connectivity index (χ0n) is 17.4. The normalized spacial score (nSPS) is 9.88. The summed E-state index contributed by atoms with van der Waals surface area (Å²) in [6.07, 6.45) is 3.37. The van der Waals surface area contributed by atoms with Gasteiger partial charge in [0.1, 0.15) is 0 Å². The van der Waals surface area contributed by atoms with Crippen LogP contribution in [0.1, 0.15) is 0 Å². The number of rotatable bonds is 3. The average Bonchev–Trinajstić information content (AvgIpc) is 2.88. The number of pyridine rings is 2. The van der Waals surface area contributed by atoms with Gasteiger partial charge in [0, 0.05) is 44.1 Å². The molecule has 0 aliphatic rings. The second kappa shape index (κ2) is 11.9. The molecule has 0 unspecified atom stereocenters. The van der Waals surface area contributed by atoms with Crippen molar-refractivity contribution < 1.29 is 28.9 Å². The number of halogens is 2. The van der Waals surface area contributed by atoms with Crippen molar-refractivity contribution in [2.45, 2.75) is 0 Å². The minimum Gasteiger partial charge on any atom is -0.305 e. The number of hydrogen-bond donors (Lipinski definition) is 0. The third-order valence-corrected chi connectivity index (χ3v) is 4.63. The predicted molar refractivity (Wildman–Crippen MR) is 122 cm³/mol. The van der Waals surface area contributed by atoms with E-state index in [1.54, 1.807) is 18.2 Å². The molecule has 5 aromatic rings. The van der Waals surface area contributed by atoms with Crippen LogP contribution >= 0.6 is 0 Å². The van der Waals surface area contributed by atoms with Crippen molar-refractivity contribution in [2.75, 3.05) is 0 Å². The van der Waals surface area contributed by atoms with Crippen LogP contribution in [0.3, 0.4) is 0 Å². The van der Waals surface area contributed by atoms with Crippen molar-refractivity contribution in [3.8, 4) is 33.6 Å². The molecule has 0 amide bonds. The maximum Gasteiger partial charge on any atom is 0.0407 e. The molecule has 0 saturated heterocycles. The van der Waals surface area contributed by atoms with E-state index in [0.717, 1.165) is 23.4 Å². The molecule has 0 saturated carbocycles. The molecule has 2 nitrogen and oxygen atoms in total. The van der Waals surface area contributed by atoms with Crippen LogP contribution in [-0.4, -0.2) is 9.97 Å². The Kier molecular flexibility index (Phi) is 8.70. The first-order chi connectivity index (χ1) is 15.7. The van der Waals surface area contributed by atoms with Crippen LogP contribution in [0.4, 0.5) is 8.78 Å². The predicted octanol–water partition coefficient (Wildman–Crippen LogP) is 7.04. The minimum absolute atomic E-state index is 0. The SMILES string of the molecule is Fc1[c-]c(-c2ccccn2)c(F)cc1.[Ir].[c-]1ccccc1-c1cc(-c2ccccc2)ccn1. The summed E-state index contributed by atoms with van der Waals surface area (Å²) in [4.78, 5) is 8.32. The van der Waals surface area contributed by atoms with E-state index in [-0.39, 0.29) is 25.7 Å². The standard InChI is InChI=1S/C17H12N.C11H6F2N.Ir/c1-3-7-14(8-4-1)16-11-12-18-17(13-16)15-9-5-2-6-10-15;12-8-4-5-10(13)9(7-8)11-3-1-2-6-14-11;/h1-9,11-13H;1-6H;/q2*-1;. The molecule has 0 N–H and O–H groups in total. The Morgan fingerprint density at radius 3 is 2.12 bits per heavy atom. The molecular formula is C28H18F2IrN2-2. The van der Waals surface area contributed by atoms with Gasteiger partial charge in [-0.2, -0.15) is 0 Å². The molecule has 2 aromatic heterocycles. The van der Waals surface area contributed by atoms with Gasteiger partial charge in [-0.15, -0.1) is 54.1 Å². The maximum absolute atomic E-state index is 13.2. The molecule has 0 fully saturated rings. The number of nitrogens with zero attached hydrogens (tertiary/aromatic N) is 2. The van der Waals surface area contributed by atoms with Gasteiger partial charge in [-0.05, 0) is 34.6 Å².